The molecule has 0 spiro atoms. The Morgan fingerprint density at radius 3 is 2.29 bits per heavy atom. The van der Waals surface area contributed by atoms with E-state index < -0.39 is 9.84 Å². The molecule has 1 aromatic carbocycles. The van der Waals surface area contributed by atoms with Crippen LogP contribution in [0.4, 0.5) is 0 Å². The minimum Gasteiger partial charge on any atom is -0.483 e. The zero-order valence-corrected chi connectivity index (χ0v) is 14.0. The molecule has 1 amide bonds. The Bertz CT molecular complexity index is 590. The summed E-state index contributed by atoms with van der Waals surface area (Å²) < 4.78 is 28.1. The maximum Gasteiger partial charge on any atom is 0.260 e. The topological polar surface area (TPSA) is 63.7 Å². The zero-order chi connectivity index (χ0) is 16.2. The van der Waals surface area contributed by atoms with Gasteiger partial charge in [-0.3, -0.25) is 4.79 Å². The molecule has 0 aromatic heterocycles. The molecule has 0 bridgehead atoms. The fraction of sp³-hybridized carbons (Fsp3) is 0.533. The first-order chi connectivity index (χ1) is 9.61. The molecule has 0 N–H and O–H groups in total. The first-order valence-corrected chi connectivity index (χ1v) is 8.80. The van der Waals surface area contributed by atoms with Crippen molar-refractivity contribution in [1.29, 1.82) is 0 Å². The Hall–Kier alpha value is -1.56. The third kappa shape index (κ3) is 5.38. The van der Waals surface area contributed by atoms with Crippen LogP contribution in [0.25, 0.3) is 0 Å². The predicted molar refractivity (Wildman–Crippen MR) is 83.4 cm³/mol. The highest BCUT2D eigenvalue weighted by Gasteiger charge is 2.20. The van der Waals surface area contributed by atoms with Gasteiger partial charge in [-0.05, 0) is 31.9 Å². The summed E-state index contributed by atoms with van der Waals surface area (Å²) in [4.78, 5) is 13.5. The van der Waals surface area contributed by atoms with E-state index in [0.717, 1.165) is 17.4 Å². The number of hydrogen-bond acceptors (Lipinski definition) is 4. The number of sulfone groups is 1. The van der Waals surface area contributed by atoms with E-state index in [0.29, 0.717) is 5.75 Å². The molecular formula is C15H23NO4S. The molecule has 1 unspecified atom stereocenters. The number of aryl methyl sites for hydroxylation is 2. The Labute approximate surface area is 126 Å². The van der Waals surface area contributed by atoms with Gasteiger partial charge < -0.3 is 9.64 Å². The number of benzene rings is 1. The summed E-state index contributed by atoms with van der Waals surface area (Å²) in [5, 5.41) is 0. The fourth-order valence-electron chi connectivity index (χ4n) is 2.06. The van der Waals surface area contributed by atoms with Gasteiger partial charge in [0.05, 0.1) is 5.75 Å². The Morgan fingerprint density at radius 2 is 1.81 bits per heavy atom. The maximum absolute atomic E-state index is 12.1. The molecule has 21 heavy (non-hydrogen) atoms. The average molecular weight is 313 g/mol. The van der Waals surface area contributed by atoms with E-state index in [1.165, 1.54) is 4.90 Å². The second-order valence-corrected chi connectivity index (χ2v) is 7.64. The van der Waals surface area contributed by atoms with Crippen molar-refractivity contribution in [3.8, 4) is 5.75 Å². The average Bonchev–Trinajstić information content (AvgIpc) is 2.34. The van der Waals surface area contributed by atoms with Gasteiger partial charge in [0.25, 0.3) is 5.91 Å². The number of likely N-dealkylation sites (N-methyl/N-ethyl adjacent to an activating group) is 1. The van der Waals surface area contributed by atoms with Gasteiger partial charge in [-0.1, -0.05) is 18.2 Å². The predicted octanol–water partition coefficient (Wildman–Crippen LogP) is 1.57. The van der Waals surface area contributed by atoms with Crippen molar-refractivity contribution in [2.75, 3.05) is 25.7 Å². The zero-order valence-electron chi connectivity index (χ0n) is 13.2. The number of carbonyl (C=O) groups is 1. The largest absolute Gasteiger partial charge is 0.483 e. The summed E-state index contributed by atoms with van der Waals surface area (Å²) in [7, 11) is -1.53. The van der Waals surface area contributed by atoms with Crippen LogP contribution in [-0.2, 0) is 14.6 Å². The molecule has 6 heteroatoms. The van der Waals surface area contributed by atoms with E-state index in [2.05, 4.69) is 0 Å². The van der Waals surface area contributed by atoms with E-state index in [-0.39, 0.29) is 24.3 Å². The highest BCUT2D eigenvalue weighted by Crippen LogP contribution is 2.22. The van der Waals surface area contributed by atoms with Crippen molar-refractivity contribution >= 4 is 15.7 Å². The Balaban J connectivity index is 2.65. The molecule has 0 heterocycles. The van der Waals surface area contributed by atoms with Gasteiger partial charge in [-0.15, -0.1) is 0 Å². The highest BCUT2D eigenvalue weighted by molar-refractivity contribution is 7.90. The van der Waals surface area contributed by atoms with Crippen LogP contribution in [0.2, 0.25) is 0 Å². The van der Waals surface area contributed by atoms with Gasteiger partial charge in [0, 0.05) is 19.3 Å². The second-order valence-electron chi connectivity index (χ2n) is 5.46. The summed E-state index contributed by atoms with van der Waals surface area (Å²) >= 11 is 0. The molecule has 0 aliphatic rings. The molecule has 1 rings (SSSR count). The molecule has 0 saturated carbocycles. The third-order valence-electron chi connectivity index (χ3n) is 3.35. The molecule has 118 valence electrons. The van der Waals surface area contributed by atoms with Gasteiger partial charge in [0.1, 0.15) is 15.6 Å². The van der Waals surface area contributed by atoms with Gasteiger partial charge >= 0.3 is 0 Å². The molecule has 1 aromatic rings. The molecule has 0 aliphatic carbocycles. The summed E-state index contributed by atoms with van der Waals surface area (Å²) in [6, 6.07) is 5.39. The van der Waals surface area contributed by atoms with Crippen LogP contribution in [0.15, 0.2) is 18.2 Å². The van der Waals surface area contributed by atoms with Crippen molar-refractivity contribution in [3.63, 3.8) is 0 Å². The van der Waals surface area contributed by atoms with Crippen LogP contribution in [-0.4, -0.2) is 50.9 Å². The SMILES string of the molecule is Cc1cccc(C)c1OCC(=O)N(C)C(C)CS(C)(=O)=O. The van der Waals surface area contributed by atoms with Gasteiger partial charge in [-0.2, -0.15) is 0 Å². The normalized spacial score (nSPS) is 12.8. The minimum atomic E-state index is -3.12. The molecule has 0 radical (unpaired) electrons. The van der Waals surface area contributed by atoms with Gasteiger partial charge in [0.15, 0.2) is 6.61 Å². The highest BCUT2D eigenvalue weighted by atomic mass is 32.2. The van der Waals surface area contributed by atoms with Crippen molar-refractivity contribution in [2.45, 2.75) is 26.8 Å². The quantitative estimate of drug-likeness (QED) is 0.800. The summed E-state index contributed by atoms with van der Waals surface area (Å²) in [5.41, 5.74) is 1.93. The smallest absolute Gasteiger partial charge is 0.260 e. The van der Waals surface area contributed by atoms with E-state index >= 15 is 0 Å². The summed E-state index contributed by atoms with van der Waals surface area (Å²) in [6.07, 6.45) is 1.16. The first kappa shape index (κ1) is 17.5. The number of hydrogen-bond donors (Lipinski definition) is 0. The number of amides is 1. The molecule has 5 nitrogen and oxygen atoms in total. The fourth-order valence-corrected chi connectivity index (χ4v) is 3.16. The lowest BCUT2D eigenvalue weighted by atomic mass is 10.1. The molecule has 0 saturated heterocycles. The lowest BCUT2D eigenvalue weighted by Crippen LogP contribution is -2.41. The lowest BCUT2D eigenvalue weighted by molar-refractivity contribution is -0.133. The van der Waals surface area contributed by atoms with Crippen molar-refractivity contribution in [1.82, 2.24) is 4.90 Å². The van der Waals surface area contributed by atoms with Crippen molar-refractivity contribution in [2.24, 2.45) is 0 Å². The summed E-state index contributed by atoms with van der Waals surface area (Å²) in [5.74, 6) is 0.405. The summed E-state index contributed by atoms with van der Waals surface area (Å²) in [6.45, 7) is 5.44. The van der Waals surface area contributed by atoms with Crippen LogP contribution < -0.4 is 4.74 Å². The van der Waals surface area contributed by atoms with Gasteiger partial charge in [-0.25, -0.2) is 8.42 Å². The lowest BCUT2D eigenvalue weighted by Gasteiger charge is -2.24. The number of para-hydroxylation sites is 1. The van der Waals surface area contributed by atoms with Gasteiger partial charge in [0.2, 0.25) is 0 Å². The van der Waals surface area contributed by atoms with Crippen LogP contribution in [0.3, 0.4) is 0 Å². The van der Waals surface area contributed by atoms with E-state index in [1.807, 2.05) is 32.0 Å². The Kier molecular flexibility index (Phi) is 5.78. The minimum absolute atomic E-state index is 0.0569. The standard InChI is InChI=1S/C15H23NO4S/c1-11-7-6-8-12(2)15(11)20-9-14(17)16(4)13(3)10-21(5,18)19/h6-8,13H,9-10H2,1-5H3. The van der Waals surface area contributed by atoms with Crippen LogP contribution in [0.5, 0.6) is 5.75 Å². The molecule has 0 fully saturated rings. The van der Waals surface area contributed by atoms with Crippen LogP contribution >= 0.6 is 0 Å². The molecular weight excluding hydrogens is 290 g/mol. The number of nitrogens with zero attached hydrogens (tertiary/aromatic N) is 1. The van der Waals surface area contributed by atoms with Crippen LogP contribution in [0.1, 0.15) is 18.1 Å². The second kappa shape index (κ2) is 6.93. The maximum atomic E-state index is 12.1. The van der Waals surface area contributed by atoms with Crippen molar-refractivity contribution in [3.05, 3.63) is 29.3 Å². The molecule has 1 atom stereocenters. The monoisotopic (exact) mass is 313 g/mol. The van der Waals surface area contributed by atoms with Crippen LogP contribution in [0, 0.1) is 13.8 Å². The molecule has 0 aliphatic heterocycles. The Morgan fingerprint density at radius 1 is 1.29 bits per heavy atom. The number of rotatable bonds is 6. The van der Waals surface area contributed by atoms with E-state index in [1.54, 1.807) is 14.0 Å². The number of ether oxygens (including phenoxy) is 1. The van der Waals surface area contributed by atoms with E-state index in [4.69, 9.17) is 4.74 Å². The number of carbonyl (C=O) groups excluding carboxylic acids is 1. The third-order valence-corrected chi connectivity index (χ3v) is 4.44. The van der Waals surface area contributed by atoms with E-state index in [9.17, 15) is 13.2 Å². The first-order valence-electron chi connectivity index (χ1n) is 6.74. The van der Waals surface area contributed by atoms with Crippen molar-refractivity contribution < 1.29 is 17.9 Å².